The first-order valence-corrected chi connectivity index (χ1v) is 10.1. The molecule has 0 aliphatic carbocycles. The molecule has 1 aliphatic rings. The summed E-state index contributed by atoms with van der Waals surface area (Å²) in [5, 5.41) is 17.3. The molecule has 1 heterocycles. The van der Waals surface area contributed by atoms with Crippen LogP contribution in [0, 0.1) is 15.9 Å². The lowest BCUT2D eigenvalue weighted by atomic mass is 9.74. The minimum absolute atomic E-state index is 0.185. The van der Waals surface area contributed by atoms with Crippen LogP contribution in [0.15, 0.2) is 42.5 Å². The molecule has 0 unspecified atom stereocenters. The third-order valence-corrected chi connectivity index (χ3v) is 5.55. The molecule has 0 aromatic heterocycles. The van der Waals surface area contributed by atoms with Gasteiger partial charge in [-0.1, -0.05) is 12.1 Å². The summed E-state index contributed by atoms with van der Waals surface area (Å²) in [7, 11) is 1.54. The molecule has 0 spiro atoms. The summed E-state index contributed by atoms with van der Waals surface area (Å²) >= 11 is 0. The van der Waals surface area contributed by atoms with Crippen LogP contribution in [0.25, 0.3) is 0 Å². The van der Waals surface area contributed by atoms with Gasteiger partial charge in [0.1, 0.15) is 11.5 Å². The zero-order valence-electron chi connectivity index (χ0n) is 17.4. The summed E-state index contributed by atoms with van der Waals surface area (Å²) in [6, 6.07) is 10.7. The first kappa shape index (κ1) is 22.6. The molecule has 1 fully saturated rings. The Balaban J connectivity index is 1.76. The van der Waals surface area contributed by atoms with Crippen LogP contribution in [0.4, 0.5) is 15.8 Å². The molecule has 9 heteroatoms. The zero-order chi connectivity index (χ0) is 22.3. The molecule has 0 saturated carbocycles. The van der Waals surface area contributed by atoms with Crippen molar-refractivity contribution in [1.82, 2.24) is 5.32 Å². The molecule has 3 rings (SSSR count). The highest BCUT2D eigenvalue weighted by molar-refractivity contribution is 5.95. The van der Waals surface area contributed by atoms with Crippen LogP contribution in [0.3, 0.4) is 0 Å². The summed E-state index contributed by atoms with van der Waals surface area (Å²) in [5.74, 6) is -0.754. The van der Waals surface area contributed by atoms with E-state index in [1.54, 1.807) is 13.2 Å². The zero-order valence-corrected chi connectivity index (χ0v) is 17.4. The molecule has 0 bridgehead atoms. The fourth-order valence-corrected chi connectivity index (χ4v) is 3.76. The number of nitrogens with zero attached hydrogens (tertiary/aromatic N) is 1. The van der Waals surface area contributed by atoms with E-state index in [-0.39, 0.29) is 23.6 Å². The first-order valence-electron chi connectivity index (χ1n) is 10.1. The Kier molecular flexibility index (Phi) is 7.54. The highest BCUT2D eigenvalue weighted by Gasteiger charge is 2.35. The molecule has 0 radical (unpaired) electrons. The minimum atomic E-state index is -0.529. The fraction of sp³-hybridized carbons (Fsp3) is 0.409. The van der Waals surface area contributed by atoms with E-state index in [1.807, 2.05) is 6.07 Å². The molecule has 0 atom stereocenters. The van der Waals surface area contributed by atoms with Gasteiger partial charge in [-0.25, -0.2) is 4.39 Å². The summed E-state index contributed by atoms with van der Waals surface area (Å²) in [6.07, 6.45) is 1.28. The highest BCUT2D eigenvalue weighted by Crippen LogP contribution is 2.35. The summed E-state index contributed by atoms with van der Waals surface area (Å²) in [5.41, 5.74) is 0.669. The van der Waals surface area contributed by atoms with Gasteiger partial charge in [0, 0.05) is 50.5 Å². The second kappa shape index (κ2) is 10.3. The predicted molar refractivity (Wildman–Crippen MR) is 114 cm³/mol. The third kappa shape index (κ3) is 5.56. The van der Waals surface area contributed by atoms with Crippen molar-refractivity contribution in [2.75, 3.05) is 45.3 Å². The smallest absolute Gasteiger partial charge is 0.293 e. The number of methoxy groups -OCH3 is 1. The summed E-state index contributed by atoms with van der Waals surface area (Å²) in [4.78, 5) is 23.7. The summed E-state index contributed by atoms with van der Waals surface area (Å²) in [6.45, 7) is 2.10. The largest absolute Gasteiger partial charge is 0.383 e. The van der Waals surface area contributed by atoms with Crippen molar-refractivity contribution >= 4 is 17.3 Å². The first-order chi connectivity index (χ1) is 14.9. The van der Waals surface area contributed by atoms with E-state index in [1.165, 1.54) is 30.3 Å². The van der Waals surface area contributed by atoms with Crippen molar-refractivity contribution < 1.29 is 23.6 Å². The average molecular weight is 431 g/mol. The Hall–Kier alpha value is -3.04. The van der Waals surface area contributed by atoms with Crippen molar-refractivity contribution in [2.24, 2.45) is 0 Å². The maximum Gasteiger partial charge on any atom is 0.293 e. The topological polar surface area (TPSA) is 103 Å². The maximum atomic E-state index is 13.8. The fourth-order valence-electron chi connectivity index (χ4n) is 3.76. The molecule has 1 aliphatic heterocycles. The summed E-state index contributed by atoms with van der Waals surface area (Å²) < 4.78 is 24.2. The van der Waals surface area contributed by atoms with Gasteiger partial charge in [0.2, 0.25) is 0 Å². The number of carbonyl (C=O) groups excluding carboxylic acids is 1. The molecule has 31 heavy (non-hydrogen) atoms. The Morgan fingerprint density at radius 3 is 2.71 bits per heavy atom. The van der Waals surface area contributed by atoms with E-state index in [0.717, 1.165) is 5.56 Å². The molecule has 2 N–H and O–H groups in total. The highest BCUT2D eigenvalue weighted by atomic mass is 19.1. The number of hydrogen-bond donors (Lipinski definition) is 2. The second-order valence-corrected chi connectivity index (χ2v) is 7.49. The number of hydrogen-bond acceptors (Lipinski definition) is 6. The predicted octanol–water partition coefficient (Wildman–Crippen LogP) is 3.27. The monoisotopic (exact) mass is 431 g/mol. The lowest BCUT2D eigenvalue weighted by Crippen LogP contribution is -2.44. The van der Waals surface area contributed by atoms with E-state index in [4.69, 9.17) is 9.47 Å². The average Bonchev–Trinajstić information content (AvgIpc) is 2.78. The molecule has 8 nitrogen and oxygen atoms in total. The number of halogens is 1. The Labute approximate surface area is 179 Å². The van der Waals surface area contributed by atoms with Crippen LogP contribution in [0.2, 0.25) is 0 Å². The lowest BCUT2D eigenvalue weighted by molar-refractivity contribution is -0.384. The van der Waals surface area contributed by atoms with Crippen LogP contribution in [-0.2, 0) is 14.9 Å². The van der Waals surface area contributed by atoms with Crippen LogP contribution in [-0.4, -0.2) is 50.9 Å². The van der Waals surface area contributed by atoms with Crippen LogP contribution >= 0.6 is 0 Å². The standard InChI is InChI=1S/C22H26FN3O5/c1-30-12-9-24-19-6-5-16(13-20(19)26(28)29)21(27)25-15-22(7-10-31-11-8-22)17-3-2-4-18(23)14-17/h2-6,13-14,24H,7-12,15H2,1H3,(H,25,27). The Morgan fingerprint density at radius 2 is 2.03 bits per heavy atom. The van der Waals surface area contributed by atoms with Crippen LogP contribution < -0.4 is 10.6 Å². The number of nitro groups is 1. The number of nitro benzene ring substituents is 1. The lowest BCUT2D eigenvalue weighted by Gasteiger charge is -2.38. The number of anilines is 1. The Morgan fingerprint density at radius 1 is 1.26 bits per heavy atom. The molecular formula is C22H26FN3O5. The van der Waals surface area contributed by atoms with Gasteiger partial charge in [-0.05, 0) is 42.7 Å². The van der Waals surface area contributed by atoms with E-state index in [2.05, 4.69) is 10.6 Å². The quantitative estimate of drug-likeness (QED) is 0.359. The van der Waals surface area contributed by atoms with Gasteiger partial charge < -0.3 is 20.1 Å². The van der Waals surface area contributed by atoms with Crippen LogP contribution in [0.1, 0.15) is 28.8 Å². The molecule has 2 aromatic carbocycles. The SMILES string of the molecule is COCCNc1ccc(C(=O)NCC2(c3cccc(F)c3)CCOCC2)cc1[N+](=O)[O-]. The third-order valence-electron chi connectivity index (χ3n) is 5.55. The minimum Gasteiger partial charge on any atom is -0.383 e. The molecule has 1 saturated heterocycles. The number of amides is 1. The molecule has 2 aromatic rings. The number of carbonyl (C=O) groups is 1. The van der Waals surface area contributed by atoms with Gasteiger partial charge in [0.15, 0.2) is 0 Å². The van der Waals surface area contributed by atoms with Gasteiger partial charge in [-0.2, -0.15) is 0 Å². The molecular weight excluding hydrogens is 405 g/mol. The number of rotatable bonds is 9. The van der Waals surface area contributed by atoms with Crippen molar-refractivity contribution in [3.05, 3.63) is 69.5 Å². The number of ether oxygens (including phenoxy) is 2. The van der Waals surface area contributed by atoms with Gasteiger partial charge in [0.25, 0.3) is 11.6 Å². The number of benzene rings is 2. The second-order valence-electron chi connectivity index (χ2n) is 7.49. The van der Waals surface area contributed by atoms with Crippen molar-refractivity contribution in [2.45, 2.75) is 18.3 Å². The van der Waals surface area contributed by atoms with Crippen molar-refractivity contribution in [1.29, 1.82) is 0 Å². The normalized spacial score (nSPS) is 15.3. The van der Waals surface area contributed by atoms with Gasteiger partial charge in [-0.3, -0.25) is 14.9 Å². The van der Waals surface area contributed by atoms with Gasteiger partial charge >= 0.3 is 0 Å². The van der Waals surface area contributed by atoms with E-state index >= 15 is 0 Å². The van der Waals surface area contributed by atoms with E-state index in [0.29, 0.717) is 44.9 Å². The Bertz CT molecular complexity index is 931. The van der Waals surface area contributed by atoms with Gasteiger partial charge in [-0.15, -0.1) is 0 Å². The van der Waals surface area contributed by atoms with E-state index in [9.17, 15) is 19.3 Å². The van der Waals surface area contributed by atoms with Crippen molar-refractivity contribution in [3.63, 3.8) is 0 Å². The number of nitrogens with one attached hydrogen (secondary N) is 2. The van der Waals surface area contributed by atoms with Crippen LogP contribution in [0.5, 0.6) is 0 Å². The van der Waals surface area contributed by atoms with Gasteiger partial charge in [0.05, 0.1) is 11.5 Å². The molecule has 1 amide bonds. The maximum absolute atomic E-state index is 13.8. The molecule has 166 valence electrons. The van der Waals surface area contributed by atoms with Crippen molar-refractivity contribution in [3.8, 4) is 0 Å². The van der Waals surface area contributed by atoms with E-state index < -0.39 is 16.2 Å².